The molecule has 9 heteroatoms. The number of ether oxygens (including phenoxy) is 4. The van der Waals surface area contributed by atoms with Gasteiger partial charge in [0.15, 0.2) is 6.29 Å². The summed E-state index contributed by atoms with van der Waals surface area (Å²) in [5.74, 6) is -0.328. The number of unbranched alkanes of at least 4 members (excludes halogenated alkanes) is 24. The van der Waals surface area contributed by atoms with Crippen molar-refractivity contribution in [2.24, 2.45) is 0 Å². The van der Waals surface area contributed by atoms with Crippen molar-refractivity contribution < 1.29 is 44.2 Å². The van der Waals surface area contributed by atoms with E-state index in [-0.39, 0.29) is 19.2 Å². The molecule has 4 N–H and O–H groups in total. The molecule has 1 saturated heterocycles. The Bertz CT molecular complexity index is 983. The lowest BCUT2D eigenvalue weighted by atomic mass is 9.99. The Morgan fingerprint density at radius 1 is 0.569 bits per heavy atom. The maximum Gasteiger partial charge on any atom is 0.306 e. The highest BCUT2D eigenvalue weighted by molar-refractivity contribution is 5.69. The molecule has 0 radical (unpaired) electrons. The first-order valence-electron chi connectivity index (χ1n) is 24.1. The van der Waals surface area contributed by atoms with E-state index in [4.69, 9.17) is 18.9 Å². The highest BCUT2D eigenvalue weighted by Gasteiger charge is 2.44. The summed E-state index contributed by atoms with van der Waals surface area (Å²) in [7, 11) is 0. The normalized spacial score (nSPS) is 20.6. The van der Waals surface area contributed by atoms with Gasteiger partial charge in [-0.05, 0) is 44.9 Å². The van der Waals surface area contributed by atoms with Gasteiger partial charge in [-0.1, -0.05) is 192 Å². The Morgan fingerprint density at radius 2 is 1.05 bits per heavy atom. The van der Waals surface area contributed by atoms with E-state index in [1.807, 2.05) is 0 Å². The Balaban J connectivity index is 2.22. The molecule has 0 aromatic heterocycles. The minimum atomic E-state index is -1.54. The van der Waals surface area contributed by atoms with Crippen LogP contribution in [0, 0.1) is 0 Å². The van der Waals surface area contributed by atoms with Crippen LogP contribution in [0.3, 0.4) is 0 Å². The van der Waals surface area contributed by atoms with Crippen LogP contribution in [-0.2, 0) is 23.7 Å². The summed E-state index contributed by atoms with van der Waals surface area (Å²) in [6, 6.07) is 0. The fourth-order valence-electron chi connectivity index (χ4n) is 7.33. The fourth-order valence-corrected chi connectivity index (χ4v) is 7.33. The molecule has 0 bridgehead atoms. The third-order valence-electron chi connectivity index (χ3n) is 11.1. The minimum absolute atomic E-state index is 0.118. The van der Waals surface area contributed by atoms with Crippen LogP contribution in [0.4, 0.5) is 0 Å². The molecule has 1 aliphatic heterocycles. The smallest absolute Gasteiger partial charge is 0.306 e. The molecule has 1 aliphatic rings. The number of allylic oxidation sites excluding steroid dienone is 6. The largest absolute Gasteiger partial charge is 0.457 e. The molecular formula is C49H90O9. The zero-order valence-electron chi connectivity index (χ0n) is 37.3. The summed E-state index contributed by atoms with van der Waals surface area (Å²) in [6.07, 6.45) is 41.8. The molecule has 1 fully saturated rings. The third kappa shape index (κ3) is 31.3. The quantitative estimate of drug-likeness (QED) is 0.0270. The minimum Gasteiger partial charge on any atom is -0.457 e. The lowest BCUT2D eigenvalue weighted by Gasteiger charge is -2.39. The maximum atomic E-state index is 12.8. The average molecular weight is 823 g/mol. The van der Waals surface area contributed by atoms with Crippen LogP contribution < -0.4 is 0 Å². The summed E-state index contributed by atoms with van der Waals surface area (Å²) in [5, 5.41) is 40.2. The second-order valence-corrected chi connectivity index (χ2v) is 16.5. The Morgan fingerprint density at radius 3 is 1.59 bits per heavy atom. The Labute approximate surface area is 355 Å². The summed E-state index contributed by atoms with van der Waals surface area (Å²) >= 11 is 0. The first kappa shape index (κ1) is 54.4. The second kappa shape index (κ2) is 40.8. The first-order chi connectivity index (χ1) is 28.4. The van der Waals surface area contributed by atoms with Crippen molar-refractivity contribution in [1.82, 2.24) is 0 Å². The molecule has 0 spiro atoms. The van der Waals surface area contributed by atoms with E-state index in [1.165, 1.54) is 116 Å². The molecule has 58 heavy (non-hydrogen) atoms. The zero-order valence-corrected chi connectivity index (χ0v) is 37.3. The van der Waals surface area contributed by atoms with Gasteiger partial charge in [0, 0.05) is 13.0 Å². The average Bonchev–Trinajstić information content (AvgIpc) is 3.22. The molecule has 6 unspecified atom stereocenters. The first-order valence-corrected chi connectivity index (χ1v) is 24.1. The number of esters is 1. The lowest BCUT2D eigenvalue weighted by Crippen LogP contribution is -2.59. The molecule has 6 atom stereocenters. The Hall–Kier alpha value is -1.59. The van der Waals surface area contributed by atoms with Crippen LogP contribution in [-0.4, -0.2) is 89.6 Å². The van der Waals surface area contributed by atoms with Crippen molar-refractivity contribution in [2.75, 3.05) is 26.4 Å². The SMILES string of the molecule is CC/C=C\C/C=C\C/C=C\CCCCCCCC(=O)OC(COCCCCCCCCCCCCCCCCCCCCCC)COC1OC(CO)C(O)C(O)C1O. The van der Waals surface area contributed by atoms with Gasteiger partial charge in [0.25, 0.3) is 0 Å². The molecule has 9 nitrogen and oxygen atoms in total. The predicted octanol–water partition coefficient (Wildman–Crippen LogP) is 11.1. The highest BCUT2D eigenvalue weighted by atomic mass is 16.7. The van der Waals surface area contributed by atoms with Gasteiger partial charge in [-0.2, -0.15) is 0 Å². The fraction of sp³-hybridized carbons (Fsp3) is 0.857. The van der Waals surface area contributed by atoms with Gasteiger partial charge >= 0.3 is 5.97 Å². The molecular weight excluding hydrogens is 733 g/mol. The maximum absolute atomic E-state index is 12.8. The van der Waals surface area contributed by atoms with E-state index in [0.29, 0.717) is 13.0 Å². The van der Waals surface area contributed by atoms with Crippen LogP contribution in [0.5, 0.6) is 0 Å². The predicted molar refractivity (Wildman–Crippen MR) is 238 cm³/mol. The van der Waals surface area contributed by atoms with E-state index in [0.717, 1.165) is 70.6 Å². The summed E-state index contributed by atoms with van der Waals surface area (Å²) in [6.45, 7) is 4.45. The van der Waals surface area contributed by atoms with Crippen molar-refractivity contribution in [1.29, 1.82) is 0 Å². The number of carbonyl (C=O) groups is 1. The van der Waals surface area contributed by atoms with Gasteiger partial charge < -0.3 is 39.4 Å². The van der Waals surface area contributed by atoms with Crippen LogP contribution in [0.15, 0.2) is 36.5 Å². The van der Waals surface area contributed by atoms with Gasteiger partial charge in [-0.15, -0.1) is 0 Å². The van der Waals surface area contributed by atoms with Gasteiger partial charge in [0.1, 0.15) is 30.5 Å². The number of hydrogen-bond acceptors (Lipinski definition) is 9. The van der Waals surface area contributed by atoms with Crippen LogP contribution >= 0.6 is 0 Å². The highest BCUT2D eigenvalue weighted by Crippen LogP contribution is 2.23. The van der Waals surface area contributed by atoms with Crippen molar-refractivity contribution in [3.8, 4) is 0 Å². The van der Waals surface area contributed by atoms with E-state index in [9.17, 15) is 25.2 Å². The molecule has 0 aliphatic carbocycles. The molecule has 0 saturated carbocycles. The number of rotatable bonds is 41. The van der Waals surface area contributed by atoms with Crippen LogP contribution in [0.25, 0.3) is 0 Å². The van der Waals surface area contributed by atoms with Gasteiger partial charge in [0.05, 0.1) is 19.8 Å². The number of carbonyl (C=O) groups excluding carboxylic acids is 1. The number of aliphatic hydroxyl groups is 4. The van der Waals surface area contributed by atoms with E-state index < -0.39 is 43.4 Å². The van der Waals surface area contributed by atoms with E-state index in [2.05, 4.69) is 50.3 Å². The standard InChI is InChI=1S/C49H90O9/c1-3-5-7-9-11-13-15-17-19-20-21-22-23-25-27-29-31-33-35-37-39-55-41-43(42-56-49-48(54)47(53)46(52)44(40-50)58-49)57-45(51)38-36-34-32-30-28-26-24-18-16-14-12-10-8-6-4-2/h6,8,12,14,18,24,43-44,46-50,52-54H,3-5,7,9-11,13,15-17,19-23,25-42H2,1-2H3/b8-6-,14-12-,24-18-. The third-order valence-corrected chi connectivity index (χ3v) is 11.1. The van der Waals surface area contributed by atoms with Crippen molar-refractivity contribution >= 4 is 5.97 Å². The molecule has 0 amide bonds. The van der Waals surface area contributed by atoms with Crippen LogP contribution in [0.1, 0.15) is 206 Å². The molecule has 1 rings (SSSR count). The second-order valence-electron chi connectivity index (χ2n) is 16.5. The number of aliphatic hydroxyl groups excluding tert-OH is 4. The van der Waals surface area contributed by atoms with Crippen molar-refractivity contribution in [3.05, 3.63) is 36.5 Å². The molecule has 340 valence electrons. The lowest BCUT2D eigenvalue weighted by molar-refractivity contribution is -0.305. The van der Waals surface area contributed by atoms with Gasteiger partial charge in [0.2, 0.25) is 0 Å². The van der Waals surface area contributed by atoms with E-state index >= 15 is 0 Å². The summed E-state index contributed by atoms with van der Waals surface area (Å²) in [4.78, 5) is 12.8. The summed E-state index contributed by atoms with van der Waals surface area (Å²) < 4.78 is 22.8. The van der Waals surface area contributed by atoms with Crippen LogP contribution in [0.2, 0.25) is 0 Å². The molecule has 0 aromatic carbocycles. The van der Waals surface area contributed by atoms with Crippen molar-refractivity contribution in [2.45, 2.75) is 243 Å². The number of hydrogen-bond donors (Lipinski definition) is 4. The van der Waals surface area contributed by atoms with Crippen molar-refractivity contribution in [3.63, 3.8) is 0 Å². The monoisotopic (exact) mass is 823 g/mol. The molecule has 0 aromatic rings. The Kier molecular flexibility index (Phi) is 38.3. The van der Waals surface area contributed by atoms with Gasteiger partial charge in [-0.3, -0.25) is 4.79 Å². The van der Waals surface area contributed by atoms with Gasteiger partial charge in [-0.25, -0.2) is 0 Å². The zero-order chi connectivity index (χ0) is 42.2. The molecule has 1 heterocycles. The topological polar surface area (TPSA) is 135 Å². The summed E-state index contributed by atoms with van der Waals surface area (Å²) in [5.41, 5.74) is 0. The van der Waals surface area contributed by atoms with E-state index in [1.54, 1.807) is 0 Å².